The average Bonchev–Trinajstić information content (AvgIpc) is 1.86. The Hall–Kier alpha value is -0.790. The van der Waals surface area contributed by atoms with Gasteiger partial charge in [0.2, 0.25) is 0 Å². The highest BCUT2D eigenvalue weighted by Gasteiger charge is 2.04. The van der Waals surface area contributed by atoms with Crippen molar-refractivity contribution in [1.82, 2.24) is 6.15 Å². The normalized spacial score (nSPS) is 11.4. The van der Waals surface area contributed by atoms with Gasteiger partial charge in [-0.3, -0.25) is 4.79 Å². The van der Waals surface area contributed by atoms with Crippen LogP contribution >= 0.6 is 11.8 Å². The van der Waals surface area contributed by atoms with Crippen molar-refractivity contribution in [3.05, 3.63) is 0 Å². The second-order valence-corrected chi connectivity index (χ2v) is 2.86. The molecule has 0 spiro atoms. The Kier molecular flexibility index (Phi) is 7.91. The SMILES string of the molecule is N[C@@H](CSCC(=O)O)C(=O)[O-].[NH4+]. The third-order valence-corrected chi connectivity index (χ3v) is 1.87. The number of aliphatic carboxylic acids is 2. The number of hydrogen-bond donors (Lipinski definition) is 3. The van der Waals surface area contributed by atoms with Gasteiger partial charge in [-0.2, -0.15) is 0 Å². The summed E-state index contributed by atoms with van der Waals surface area (Å²) in [5.74, 6) is -2.42. The summed E-state index contributed by atoms with van der Waals surface area (Å²) < 4.78 is 0. The summed E-state index contributed by atoms with van der Waals surface area (Å²) >= 11 is 0.952. The molecule has 7 N–H and O–H groups in total. The Labute approximate surface area is 73.7 Å². The molecule has 12 heavy (non-hydrogen) atoms. The topological polar surface area (TPSA) is 140 Å². The van der Waals surface area contributed by atoms with Gasteiger partial charge in [-0.15, -0.1) is 11.8 Å². The molecule has 0 saturated carbocycles. The summed E-state index contributed by atoms with van der Waals surface area (Å²) in [6.45, 7) is 0. The highest BCUT2D eigenvalue weighted by molar-refractivity contribution is 8.00. The first-order valence-corrected chi connectivity index (χ1v) is 3.95. The molecule has 0 aromatic carbocycles. The van der Waals surface area contributed by atoms with Crippen LogP contribution in [0, 0.1) is 0 Å². The van der Waals surface area contributed by atoms with Crippen LogP contribution in [-0.2, 0) is 9.59 Å². The smallest absolute Gasteiger partial charge is 0.313 e. The number of carboxylic acid groups (broad SMARTS) is 2. The first kappa shape index (κ1) is 13.8. The van der Waals surface area contributed by atoms with Crippen molar-refractivity contribution in [2.24, 2.45) is 5.73 Å². The lowest BCUT2D eigenvalue weighted by Crippen LogP contribution is -2.43. The van der Waals surface area contributed by atoms with Crippen LogP contribution in [-0.4, -0.2) is 34.6 Å². The highest BCUT2D eigenvalue weighted by atomic mass is 32.2. The Balaban J connectivity index is 0. The molecule has 0 heterocycles. The largest absolute Gasteiger partial charge is 0.548 e. The van der Waals surface area contributed by atoms with Crippen LogP contribution in [0.1, 0.15) is 0 Å². The lowest BCUT2D eigenvalue weighted by Gasteiger charge is -2.10. The third-order valence-electron chi connectivity index (χ3n) is 0.826. The van der Waals surface area contributed by atoms with E-state index in [1.54, 1.807) is 0 Å². The molecule has 0 saturated heterocycles. The van der Waals surface area contributed by atoms with E-state index in [4.69, 9.17) is 10.8 Å². The maximum absolute atomic E-state index is 9.98. The number of hydrogen-bond acceptors (Lipinski definition) is 5. The minimum absolute atomic E-state index is 0. The summed E-state index contributed by atoms with van der Waals surface area (Å²) in [5.41, 5.74) is 5.03. The summed E-state index contributed by atoms with van der Waals surface area (Å²) in [5, 5.41) is 18.1. The fourth-order valence-corrected chi connectivity index (χ4v) is 1.02. The molecule has 0 aliphatic rings. The van der Waals surface area contributed by atoms with Crippen LogP contribution in [0.2, 0.25) is 0 Å². The predicted octanol–water partition coefficient (Wildman–Crippen LogP) is -1.74. The van der Waals surface area contributed by atoms with Crippen LogP contribution in [0.25, 0.3) is 0 Å². The molecule has 0 aromatic rings. The van der Waals surface area contributed by atoms with Crippen molar-refractivity contribution in [2.45, 2.75) is 6.04 Å². The Morgan fingerprint density at radius 1 is 1.58 bits per heavy atom. The van der Waals surface area contributed by atoms with Gasteiger partial charge in [-0.25, -0.2) is 0 Å². The molecule has 72 valence electrons. The van der Waals surface area contributed by atoms with E-state index < -0.39 is 18.0 Å². The van der Waals surface area contributed by atoms with Crippen molar-refractivity contribution in [2.75, 3.05) is 11.5 Å². The van der Waals surface area contributed by atoms with E-state index in [9.17, 15) is 14.7 Å². The quantitative estimate of drug-likeness (QED) is 0.476. The van der Waals surface area contributed by atoms with Crippen molar-refractivity contribution >= 4 is 23.7 Å². The van der Waals surface area contributed by atoms with Gasteiger partial charge in [0.15, 0.2) is 0 Å². The predicted molar refractivity (Wildman–Crippen MR) is 43.9 cm³/mol. The molecule has 0 aliphatic carbocycles. The summed E-state index contributed by atoms with van der Waals surface area (Å²) in [6.07, 6.45) is 0. The van der Waals surface area contributed by atoms with Crippen molar-refractivity contribution in [1.29, 1.82) is 0 Å². The molecule has 1 atom stereocenters. The number of nitrogens with two attached hydrogens (primary N) is 1. The molecular formula is C5H12N2O4S. The van der Waals surface area contributed by atoms with Gasteiger partial charge < -0.3 is 26.9 Å². The number of carbonyl (C=O) groups is 2. The lowest BCUT2D eigenvalue weighted by molar-refractivity contribution is -0.306. The van der Waals surface area contributed by atoms with Gasteiger partial charge in [0.05, 0.1) is 17.8 Å². The first-order valence-electron chi connectivity index (χ1n) is 2.80. The van der Waals surface area contributed by atoms with E-state index in [1.165, 1.54) is 0 Å². The molecule has 7 heteroatoms. The minimum Gasteiger partial charge on any atom is -0.548 e. The molecule has 0 aliphatic heterocycles. The fourth-order valence-electron chi connectivity index (χ4n) is 0.341. The fraction of sp³-hybridized carbons (Fsp3) is 0.600. The first-order chi connectivity index (χ1) is 5.04. The van der Waals surface area contributed by atoms with Gasteiger partial charge >= 0.3 is 5.97 Å². The molecule has 0 fully saturated rings. The van der Waals surface area contributed by atoms with Crippen molar-refractivity contribution in [3.63, 3.8) is 0 Å². The molecule has 0 rings (SSSR count). The summed E-state index contributed by atoms with van der Waals surface area (Å²) in [4.78, 5) is 19.9. The van der Waals surface area contributed by atoms with Crippen LogP contribution < -0.4 is 17.0 Å². The zero-order valence-electron chi connectivity index (χ0n) is 6.65. The summed E-state index contributed by atoms with van der Waals surface area (Å²) in [6, 6.07) is -1.08. The average molecular weight is 196 g/mol. The summed E-state index contributed by atoms with van der Waals surface area (Å²) in [7, 11) is 0. The molecule has 6 nitrogen and oxygen atoms in total. The van der Waals surface area contributed by atoms with E-state index in [1.807, 2.05) is 0 Å². The highest BCUT2D eigenvalue weighted by Crippen LogP contribution is 2.00. The zero-order chi connectivity index (χ0) is 8.85. The molecule has 0 radical (unpaired) electrons. The van der Waals surface area contributed by atoms with Gasteiger partial charge in [-0.05, 0) is 0 Å². The second kappa shape index (κ2) is 6.89. The number of thioether (sulfide) groups is 1. The van der Waals surface area contributed by atoms with Gasteiger partial charge in [0.25, 0.3) is 0 Å². The van der Waals surface area contributed by atoms with Crippen LogP contribution in [0.15, 0.2) is 0 Å². The Morgan fingerprint density at radius 3 is 2.42 bits per heavy atom. The maximum atomic E-state index is 9.98. The monoisotopic (exact) mass is 196 g/mol. The van der Waals surface area contributed by atoms with Crippen molar-refractivity contribution in [3.8, 4) is 0 Å². The number of rotatable bonds is 5. The Morgan fingerprint density at radius 2 is 2.08 bits per heavy atom. The van der Waals surface area contributed by atoms with E-state index in [0.29, 0.717) is 0 Å². The Bertz CT molecular complexity index is 164. The molecule has 0 aromatic heterocycles. The zero-order valence-corrected chi connectivity index (χ0v) is 7.47. The number of quaternary nitrogens is 1. The standard InChI is InChI=1S/C5H9NO4S.H3N/c6-3(5(9)10)1-11-2-4(7)8;/h3H,1-2,6H2,(H,7,8)(H,9,10);1H3/t3-;/m0./s1. The van der Waals surface area contributed by atoms with Gasteiger partial charge in [0.1, 0.15) is 0 Å². The third kappa shape index (κ3) is 7.32. The van der Waals surface area contributed by atoms with Crippen LogP contribution in [0.5, 0.6) is 0 Å². The molecule has 0 amide bonds. The van der Waals surface area contributed by atoms with E-state index in [0.717, 1.165) is 11.8 Å². The molecular weight excluding hydrogens is 184 g/mol. The van der Waals surface area contributed by atoms with Crippen LogP contribution in [0.4, 0.5) is 0 Å². The van der Waals surface area contributed by atoms with Crippen LogP contribution in [0.3, 0.4) is 0 Å². The second-order valence-electron chi connectivity index (χ2n) is 1.83. The van der Waals surface area contributed by atoms with E-state index >= 15 is 0 Å². The van der Waals surface area contributed by atoms with Crippen molar-refractivity contribution < 1.29 is 19.8 Å². The minimum atomic E-state index is -1.36. The number of carbonyl (C=O) groups excluding carboxylic acids is 1. The van der Waals surface area contributed by atoms with Gasteiger partial charge in [0, 0.05) is 5.75 Å². The lowest BCUT2D eigenvalue weighted by atomic mass is 10.4. The number of carboxylic acids is 2. The van der Waals surface area contributed by atoms with E-state index in [2.05, 4.69) is 0 Å². The van der Waals surface area contributed by atoms with Gasteiger partial charge in [-0.1, -0.05) is 0 Å². The molecule has 0 unspecified atom stereocenters. The van der Waals surface area contributed by atoms with E-state index in [-0.39, 0.29) is 17.7 Å². The molecule has 0 bridgehead atoms. The maximum Gasteiger partial charge on any atom is 0.313 e.